The molecule has 0 aliphatic rings. The Labute approximate surface area is 308 Å². The minimum atomic E-state index is 1.03. The fraction of sp³-hybridized carbons (Fsp3) is 1.00. The highest BCUT2D eigenvalue weighted by Crippen LogP contribution is 2.25. The molecule has 0 aromatic carbocycles. The molecule has 0 saturated heterocycles. The molecule has 0 heterocycles. The maximum absolute atomic E-state index is 2.32. The summed E-state index contributed by atoms with van der Waals surface area (Å²) in [5.41, 5.74) is 0. The second-order valence-corrected chi connectivity index (χ2v) is 16.7. The van der Waals surface area contributed by atoms with Crippen molar-refractivity contribution in [3.63, 3.8) is 0 Å². The molecule has 0 saturated carbocycles. The zero-order chi connectivity index (χ0) is 34.7. The van der Waals surface area contributed by atoms with Crippen molar-refractivity contribution in [1.29, 1.82) is 0 Å². The van der Waals surface area contributed by atoms with E-state index in [2.05, 4.69) is 20.8 Å². The maximum atomic E-state index is 2.32. The lowest BCUT2D eigenvalue weighted by Crippen LogP contribution is -2.01. The van der Waals surface area contributed by atoms with Crippen LogP contribution in [0, 0.1) is 5.92 Å². The van der Waals surface area contributed by atoms with Crippen molar-refractivity contribution in [1.82, 2.24) is 0 Å². The van der Waals surface area contributed by atoms with Gasteiger partial charge in [-0.05, 0) is 5.92 Å². The molecule has 0 unspecified atom stereocenters. The summed E-state index contributed by atoms with van der Waals surface area (Å²) in [4.78, 5) is 0. The smallest absolute Gasteiger partial charge is 0.0414 e. The molecule has 0 aromatic rings. The average molecular weight is 675 g/mol. The highest BCUT2D eigenvalue weighted by Gasteiger charge is 2.09. The van der Waals surface area contributed by atoms with E-state index >= 15 is 0 Å². The number of hydrogen-bond donors (Lipinski definition) is 0. The van der Waals surface area contributed by atoms with Gasteiger partial charge in [0.1, 0.15) is 0 Å². The van der Waals surface area contributed by atoms with Gasteiger partial charge in [-0.15, -0.1) is 0 Å². The van der Waals surface area contributed by atoms with Crippen LogP contribution in [0.2, 0.25) is 0 Å². The van der Waals surface area contributed by atoms with Crippen LogP contribution in [-0.4, -0.2) is 0 Å². The van der Waals surface area contributed by atoms with Crippen molar-refractivity contribution in [2.24, 2.45) is 5.92 Å². The van der Waals surface area contributed by atoms with Gasteiger partial charge in [0.05, 0.1) is 0 Å². The van der Waals surface area contributed by atoms with E-state index < -0.39 is 0 Å². The van der Waals surface area contributed by atoms with Gasteiger partial charge < -0.3 is 0 Å². The molecule has 0 atom stereocenters. The lowest BCUT2D eigenvalue weighted by molar-refractivity contribution is 0.365. The van der Waals surface area contributed by atoms with E-state index in [1.165, 1.54) is 283 Å². The zero-order valence-corrected chi connectivity index (χ0v) is 34.7. The third-order valence-corrected chi connectivity index (χ3v) is 11.6. The van der Waals surface area contributed by atoms with Gasteiger partial charge in [-0.25, -0.2) is 0 Å². The topological polar surface area (TPSA) is 0 Å². The fourth-order valence-electron chi connectivity index (χ4n) is 8.14. The lowest BCUT2D eigenvalue weighted by atomic mass is 9.89. The number of hydrogen-bond acceptors (Lipinski definition) is 0. The molecule has 290 valence electrons. The predicted molar refractivity (Wildman–Crippen MR) is 224 cm³/mol. The molecule has 0 N–H and O–H groups in total. The first-order valence-electron chi connectivity index (χ1n) is 23.8. The average Bonchev–Trinajstić information content (AvgIpc) is 3.10. The van der Waals surface area contributed by atoms with Gasteiger partial charge in [0.2, 0.25) is 0 Å². The van der Waals surface area contributed by atoms with E-state index in [-0.39, 0.29) is 0 Å². The Hall–Kier alpha value is 0. The summed E-state index contributed by atoms with van der Waals surface area (Å²) in [5.74, 6) is 1.03. The summed E-state index contributed by atoms with van der Waals surface area (Å²) < 4.78 is 0. The summed E-state index contributed by atoms with van der Waals surface area (Å²) in [7, 11) is 0. The first-order valence-corrected chi connectivity index (χ1v) is 23.8. The van der Waals surface area contributed by atoms with Gasteiger partial charge in [0.25, 0.3) is 0 Å². The fourth-order valence-corrected chi connectivity index (χ4v) is 8.14. The van der Waals surface area contributed by atoms with Gasteiger partial charge in [0, 0.05) is 0 Å². The molecule has 48 heavy (non-hydrogen) atoms. The molecule has 0 rings (SSSR count). The molecular formula is C48H98. The minimum Gasteiger partial charge on any atom is -0.0654 e. The SMILES string of the molecule is CCCCCCCCCCCCCCCCC(CCCCCCCCCCCCCCC)CCCCCCCCCCCCCCCC. The first-order chi connectivity index (χ1) is 23.8. The van der Waals surface area contributed by atoms with Crippen molar-refractivity contribution in [3.8, 4) is 0 Å². The van der Waals surface area contributed by atoms with Crippen LogP contribution >= 0.6 is 0 Å². The lowest BCUT2D eigenvalue weighted by Gasteiger charge is -2.17. The van der Waals surface area contributed by atoms with Crippen molar-refractivity contribution in [2.45, 2.75) is 303 Å². The molecule has 0 heteroatoms. The van der Waals surface area contributed by atoms with Crippen LogP contribution in [0.5, 0.6) is 0 Å². The Morgan fingerprint density at radius 2 is 0.292 bits per heavy atom. The molecule has 0 amide bonds. The number of unbranched alkanes of at least 4 members (excludes halogenated alkanes) is 38. The number of rotatable bonds is 44. The molecule has 0 spiro atoms. The Kier molecular flexibility index (Phi) is 45.0. The van der Waals surface area contributed by atoms with E-state index in [0.717, 1.165) is 5.92 Å². The second kappa shape index (κ2) is 45.0. The Morgan fingerprint density at radius 3 is 0.438 bits per heavy atom. The highest BCUT2D eigenvalue weighted by atomic mass is 14.1. The van der Waals surface area contributed by atoms with Crippen LogP contribution in [0.1, 0.15) is 303 Å². The summed E-state index contributed by atoms with van der Waals surface area (Å²) in [5, 5.41) is 0. The van der Waals surface area contributed by atoms with Crippen LogP contribution < -0.4 is 0 Å². The second-order valence-electron chi connectivity index (χ2n) is 16.7. The predicted octanol–water partition coefficient (Wildman–Crippen LogP) is 18.8. The van der Waals surface area contributed by atoms with E-state index in [1.54, 1.807) is 0 Å². The third kappa shape index (κ3) is 42.2. The van der Waals surface area contributed by atoms with Crippen LogP contribution in [0.3, 0.4) is 0 Å². The minimum absolute atomic E-state index is 1.03. The standard InChI is InChI=1S/C48H98/c1-4-7-10-13-16-19-22-25-28-31-34-37-40-43-46-48(45-42-39-36-33-30-27-24-21-18-15-12-9-6-3)47-44-41-38-35-32-29-26-23-20-17-14-11-8-5-2/h48H,4-47H2,1-3H3. The maximum Gasteiger partial charge on any atom is -0.0414 e. The molecule has 0 aromatic heterocycles. The Bertz CT molecular complexity index is 490. The van der Waals surface area contributed by atoms with Crippen molar-refractivity contribution in [3.05, 3.63) is 0 Å². The highest BCUT2D eigenvalue weighted by molar-refractivity contribution is 4.63. The molecule has 0 nitrogen and oxygen atoms in total. The third-order valence-electron chi connectivity index (χ3n) is 11.6. The molecule has 0 fully saturated rings. The van der Waals surface area contributed by atoms with Crippen molar-refractivity contribution in [2.75, 3.05) is 0 Å². The van der Waals surface area contributed by atoms with Gasteiger partial charge in [0.15, 0.2) is 0 Å². The molecule has 0 radical (unpaired) electrons. The van der Waals surface area contributed by atoms with E-state index in [1.807, 2.05) is 0 Å². The summed E-state index contributed by atoms with van der Waals surface area (Å²) >= 11 is 0. The van der Waals surface area contributed by atoms with Crippen molar-refractivity contribution >= 4 is 0 Å². The van der Waals surface area contributed by atoms with Gasteiger partial charge in [-0.2, -0.15) is 0 Å². The quantitative estimate of drug-likeness (QED) is 0.0564. The normalized spacial score (nSPS) is 11.8. The summed E-state index contributed by atoms with van der Waals surface area (Å²) in [6.45, 7) is 6.96. The van der Waals surface area contributed by atoms with Crippen LogP contribution in [-0.2, 0) is 0 Å². The van der Waals surface area contributed by atoms with E-state index in [4.69, 9.17) is 0 Å². The first kappa shape index (κ1) is 48.0. The molecule has 0 bridgehead atoms. The van der Waals surface area contributed by atoms with Crippen molar-refractivity contribution < 1.29 is 0 Å². The zero-order valence-electron chi connectivity index (χ0n) is 34.7. The van der Waals surface area contributed by atoms with Gasteiger partial charge in [-0.1, -0.05) is 303 Å². The van der Waals surface area contributed by atoms with Crippen LogP contribution in [0.15, 0.2) is 0 Å². The summed E-state index contributed by atoms with van der Waals surface area (Å²) in [6.07, 6.45) is 65.3. The largest absolute Gasteiger partial charge is 0.0654 e. The molecular weight excluding hydrogens is 577 g/mol. The van der Waals surface area contributed by atoms with Gasteiger partial charge >= 0.3 is 0 Å². The van der Waals surface area contributed by atoms with E-state index in [9.17, 15) is 0 Å². The molecule has 0 aliphatic carbocycles. The van der Waals surface area contributed by atoms with Crippen LogP contribution in [0.25, 0.3) is 0 Å². The van der Waals surface area contributed by atoms with Crippen LogP contribution in [0.4, 0.5) is 0 Å². The monoisotopic (exact) mass is 675 g/mol. The molecule has 0 aliphatic heterocycles. The Morgan fingerprint density at radius 1 is 0.167 bits per heavy atom. The van der Waals surface area contributed by atoms with E-state index in [0.29, 0.717) is 0 Å². The Balaban J connectivity index is 3.92. The summed E-state index contributed by atoms with van der Waals surface area (Å²) in [6, 6.07) is 0. The van der Waals surface area contributed by atoms with Gasteiger partial charge in [-0.3, -0.25) is 0 Å².